The molecule has 80 valence electrons. The number of hydrogen-bond donors (Lipinski definition) is 0. The SMILES string of the molecule is COc1ccc(OC)c2c1C=CS2=S=O. The first-order valence-corrected chi connectivity index (χ1v) is 6.83. The standard InChI is InChI=1S/C10H10O3S2/c1-12-8-3-4-9(13-2)10-7(8)5-6-15(10)14-11/h3-6H,1-2H3. The predicted molar refractivity (Wildman–Crippen MR) is 62.4 cm³/mol. The van der Waals surface area contributed by atoms with Gasteiger partial charge in [0.15, 0.2) is 0 Å². The van der Waals surface area contributed by atoms with Gasteiger partial charge in [0, 0.05) is 5.56 Å². The smallest absolute Gasteiger partial charge is 0.134 e. The summed E-state index contributed by atoms with van der Waals surface area (Å²) in [7, 11) is 3.35. The Morgan fingerprint density at radius 3 is 2.47 bits per heavy atom. The molecule has 0 fully saturated rings. The zero-order valence-electron chi connectivity index (χ0n) is 8.35. The number of methoxy groups -OCH3 is 2. The third-order valence-electron chi connectivity index (χ3n) is 2.19. The average molecular weight is 242 g/mol. The second-order valence-electron chi connectivity index (χ2n) is 2.88. The zero-order valence-corrected chi connectivity index (χ0v) is 9.98. The highest BCUT2D eigenvalue weighted by Gasteiger charge is 2.19. The molecule has 1 aliphatic rings. The van der Waals surface area contributed by atoms with E-state index in [-0.39, 0.29) is 0 Å². The van der Waals surface area contributed by atoms with Gasteiger partial charge in [-0.25, -0.2) is 4.21 Å². The Labute approximate surface area is 93.4 Å². The summed E-state index contributed by atoms with van der Waals surface area (Å²) in [5.74, 6) is 1.54. The summed E-state index contributed by atoms with van der Waals surface area (Å²) in [5, 5.41) is 1.90. The lowest BCUT2D eigenvalue weighted by Gasteiger charge is -2.10. The molecule has 1 atom stereocenters. The maximum absolute atomic E-state index is 10.9. The molecule has 0 N–H and O–H groups in total. The topological polar surface area (TPSA) is 35.5 Å². The summed E-state index contributed by atoms with van der Waals surface area (Å²) in [5.41, 5.74) is 0.962. The van der Waals surface area contributed by atoms with E-state index < -0.39 is 9.45 Å². The van der Waals surface area contributed by atoms with E-state index in [0.29, 0.717) is 10.2 Å². The normalized spacial score (nSPS) is 17.3. The second-order valence-corrected chi connectivity index (χ2v) is 5.78. The molecule has 0 amide bonds. The van der Waals surface area contributed by atoms with Gasteiger partial charge in [-0.1, -0.05) is 0 Å². The molecular formula is C10H10O3S2. The highest BCUT2D eigenvalue weighted by molar-refractivity contribution is 8.33. The van der Waals surface area contributed by atoms with E-state index in [2.05, 4.69) is 0 Å². The summed E-state index contributed by atoms with van der Waals surface area (Å²) in [4.78, 5) is 0.942. The molecule has 0 aliphatic carbocycles. The minimum absolute atomic E-state index is 0.457. The van der Waals surface area contributed by atoms with E-state index in [1.54, 1.807) is 14.2 Å². The van der Waals surface area contributed by atoms with Gasteiger partial charge in [0.25, 0.3) is 0 Å². The Kier molecular flexibility index (Phi) is 2.93. The van der Waals surface area contributed by atoms with Crippen molar-refractivity contribution in [1.29, 1.82) is 0 Å². The van der Waals surface area contributed by atoms with Crippen LogP contribution in [0.3, 0.4) is 0 Å². The molecule has 1 aliphatic heterocycles. The van der Waals surface area contributed by atoms with Crippen LogP contribution in [0.2, 0.25) is 0 Å². The van der Waals surface area contributed by atoms with Crippen LogP contribution in [0.15, 0.2) is 22.4 Å². The molecule has 0 saturated carbocycles. The molecule has 0 spiro atoms. The predicted octanol–water partition coefficient (Wildman–Crippen LogP) is 1.79. The lowest BCUT2D eigenvalue weighted by Crippen LogP contribution is -1.95. The van der Waals surface area contributed by atoms with Crippen molar-refractivity contribution in [3.05, 3.63) is 23.1 Å². The van der Waals surface area contributed by atoms with E-state index >= 15 is 0 Å². The fraction of sp³-hybridized carbons (Fsp3) is 0.200. The quantitative estimate of drug-likeness (QED) is 0.793. The minimum atomic E-state index is -0.457. The average Bonchev–Trinajstić information content (AvgIpc) is 2.71. The molecule has 1 aromatic rings. The van der Waals surface area contributed by atoms with Crippen LogP contribution in [-0.2, 0) is 19.7 Å². The van der Waals surface area contributed by atoms with Crippen molar-refractivity contribution in [3.8, 4) is 11.5 Å². The van der Waals surface area contributed by atoms with Crippen molar-refractivity contribution in [2.24, 2.45) is 0 Å². The van der Waals surface area contributed by atoms with Crippen LogP contribution < -0.4 is 9.47 Å². The minimum Gasteiger partial charge on any atom is -0.496 e. The van der Waals surface area contributed by atoms with Gasteiger partial charge in [0.05, 0.1) is 19.1 Å². The largest absolute Gasteiger partial charge is 0.496 e. The van der Waals surface area contributed by atoms with Crippen LogP contribution in [-0.4, -0.2) is 18.4 Å². The van der Waals surface area contributed by atoms with Crippen molar-refractivity contribution < 1.29 is 13.7 Å². The van der Waals surface area contributed by atoms with E-state index in [1.807, 2.05) is 23.6 Å². The van der Waals surface area contributed by atoms with E-state index in [9.17, 15) is 4.21 Å². The van der Waals surface area contributed by atoms with Gasteiger partial charge < -0.3 is 9.47 Å². The van der Waals surface area contributed by atoms with Crippen LogP contribution in [0.4, 0.5) is 0 Å². The summed E-state index contributed by atoms with van der Waals surface area (Å²) in [6.07, 6.45) is 1.92. The number of hydrogen-bond acceptors (Lipinski definition) is 3. The summed E-state index contributed by atoms with van der Waals surface area (Å²) in [6.45, 7) is 0. The Balaban J connectivity index is 2.73. The first-order chi connectivity index (χ1) is 7.31. The molecule has 3 nitrogen and oxygen atoms in total. The fourth-order valence-electron chi connectivity index (χ4n) is 1.52. The lowest BCUT2D eigenvalue weighted by atomic mass is 10.2. The van der Waals surface area contributed by atoms with Gasteiger partial charge in [-0.2, -0.15) is 0 Å². The maximum Gasteiger partial charge on any atom is 0.134 e. The highest BCUT2D eigenvalue weighted by atomic mass is 32.8. The Hall–Kier alpha value is -1.07. The fourth-order valence-corrected chi connectivity index (χ4v) is 3.79. The second kappa shape index (κ2) is 4.20. The van der Waals surface area contributed by atoms with Gasteiger partial charge in [-0.15, -0.1) is 0 Å². The van der Waals surface area contributed by atoms with Crippen molar-refractivity contribution in [2.45, 2.75) is 4.90 Å². The first-order valence-electron chi connectivity index (χ1n) is 4.28. The molecule has 1 heterocycles. The first kappa shape index (κ1) is 10.4. The summed E-state index contributed by atoms with van der Waals surface area (Å²) < 4.78 is 21.4. The van der Waals surface area contributed by atoms with Crippen molar-refractivity contribution in [2.75, 3.05) is 14.2 Å². The molecule has 1 unspecified atom stereocenters. The van der Waals surface area contributed by atoms with Crippen molar-refractivity contribution >= 4 is 25.8 Å². The summed E-state index contributed by atoms with van der Waals surface area (Å²) in [6, 6.07) is 3.69. The van der Waals surface area contributed by atoms with E-state index in [1.165, 1.54) is 0 Å². The number of rotatable bonds is 2. The number of fused-ring (bicyclic) bond motifs is 1. The van der Waals surface area contributed by atoms with Crippen LogP contribution in [0.25, 0.3) is 6.08 Å². The Morgan fingerprint density at radius 1 is 1.20 bits per heavy atom. The molecule has 5 heteroatoms. The summed E-state index contributed by atoms with van der Waals surface area (Å²) >= 11 is 0. The van der Waals surface area contributed by atoms with Gasteiger partial charge in [0.1, 0.15) is 21.7 Å². The molecule has 2 rings (SSSR count). The molecule has 15 heavy (non-hydrogen) atoms. The molecule has 1 aromatic carbocycles. The Morgan fingerprint density at radius 2 is 1.87 bits per heavy atom. The van der Waals surface area contributed by atoms with Crippen LogP contribution >= 0.6 is 0 Å². The van der Waals surface area contributed by atoms with Crippen LogP contribution in [0.1, 0.15) is 5.56 Å². The van der Waals surface area contributed by atoms with Gasteiger partial charge in [-0.05, 0) is 33.1 Å². The number of ether oxygens (including phenoxy) is 2. The van der Waals surface area contributed by atoms with Gasteiger partial charge >= 0.3 is 0 Å². The molecular weight excluding hydrogens is 232 g/mol. The van der Waals surface area contributed by atoms with Gasteiger partial charge in [0.2, 0.25) is 0 Å². The van der Waals surface area contributed by atoms with Gasteiger partial charge in [-0.3, -0.25) is 0 Å². The number of benzene rings is 1. The zero-order chi connectivity index (χ0) is 10.8. The monoisotopic (exact) mass is 242 g/mol. The van der Waals surface area contributed by atoms with Crippen LogP contribution in [0, 0.1) is 0 Å². The molecule has 0 aromatic heterocycles. The lowest BCUT2D eigenvalue weighted by molar-refractivity contribution is 0.393. The van der Waals surface area contributed by atoms with Crippen LogP contribution in [0.5, 0.6) is 11.5 Å². The van der Waals surface area contributed by atoms with E-state index in [0.717, 1.165) is 22.0 Å². The third-order valence-corrected chi connectivity index (χ3v) is 4.82. The van der Waals surface area contributed by atoms with Crippen molar-refractivity contribution in [3.63, 3.8) is 0 Å². The molecule has 0 bridgehead atoms. The highest BCUT2D eigenvalue weighted by Crippen LogP contribution is 2.38. The van der Waals surface area contributed by atoms with Crippen molar-refractivity contribution in [1.82, 2.24) is 0 Å². The molecule has 0 radical (unpaired) electrons. The van der Waals surface area contributed by atoms with E-state index in [4.69, 9.17) is 9.47 Å². The maximum atomic E-state index is 10.9. The molecule has 0 saturated heterocycles. The third kappa shape index (κ3) is 1.61. The Bertz CT molecular complexity index is 488.